The van der Waals surface area contributed by atoms with Crippen molar-refractivity contribution in [1.29, 1.82) is 0 Å². The summed E-state index contributed by atoms with van der Waals surface area (Å²) in [5.74, 6) is 0. The van der Waals surface area contributed by atoms with E-state index in [9.17, 15) is 16.8 Å². The van der Waals surface area contributed by atoms with Crippen molar-refractivity contribution in [3.63, 3.8) is 0 Å². The third kappa shape index (κ3) is 10.7. The first kappa shape index (κ1) is 26.8. The summed E-state index contributed by atoms with van der Waals surface area (Å²) in [6.45, 7) is 0. The zero-order valence-electron chi connectivity index (χ0n) is 13.3. The summed E-state index contributed by atoms with van der Waals surface area (Å²) in [5.41, 5.74) is 0. The van der Waals surface area contributed by atoms with Crippen LogP contribution in [0.15, 0.2) is 68.1 Å². The maximum Gasteiger partial charge on any atom is 0.261 e. The summed E-state index contributed by atoms with van der Waals surface area (Å²) in [6, 6.07) is 12.0. The van der Waals surface area contributed by atoms with Crippen LogP contribution in [0.25, 0.3) is 0 Å². The molecule has 14 heteroatoms. The van der Waals surface area contributed by atoms with Crippen molar-refractivity contribution >= 4 is 109 Å². The summed E-state index contributed by atoms with van der Waals surface area (Å²) in [6.07, 6.45) is 0. The number of hydrogen-bond donors (Lipinski definition) is 0. The smallest absolute Gasteiger partial charge is 0.207 e. The first-order valence-electron chi connectivity index (χ1n) is 6.78. The molecule has 2 rings (SSSR count). The first-order valence-corrected chi connectivity index (χ1v) is 14.9. The van der Waals surface area contributed by atoms with Gasteiger partial charge in [0.15, 0.2) is 8.34 Å². The average molecular weight is 583 g/mol. The minimum atomic E-state index is -3.83. The van der Waals surface area contributed by atoms with Crippen LogP contribution in [-0.2, 0) is 18.1 Å². The lowest BCUT2D eigenvalue weighted by Crippen LogP contribution is -1.93. The second-order valence-corrected chi connectivity index (χ2v) is 15.3. The van der Waals surface area contributed by atoms with Gasteiger partial charge in [0.25, 0.3) is 18.1 Å². The van der Waals surface area contributed by atoms with Gasteiger partial charge in [-0.25, -0.2) is 16.8 Å². The maximum atomic E-state index is 10.8. The average Bonchev–Trinajstić information content (AvgIpc) is 2.55. The number of halogens is 6. The maximum absolute atomic E-state index is 10.8. The molecule has 0 N–H and O–H groups in total. The van der Waals surface area contributed by atoms with Gasteiger partial charge in [-0.1, -0.05) is 69.9 Å². The normalized spacial score (nSPS) is 12.0. The van der Waals surface area contributed by atoms with Gasteiger partial charge in [-0.3, -0.25) is 0 Å². The Morgan fingerprint density at radius 3 is 1.00 bits per heavy atom. The Balaban J connectivity index is 0.000000280. The molecular weight excluding hydrogens is 573 g/mol. The summed E-state index contributed by atoms with van der Waals surface area (Å²) in [4.78, 5) is 1.68. The predicted octanol–water partition coefficient (Wildman–Crippen LogP) is 6.93. The van der Waals surface area contributed by atoms with Gasteiger partial charge in [0.1, 0.15) is 0 Å². The Labute approximate surface area is 201 Å². The molecule has 0 aromatic heterocycles. The highest BCUT2D eigenvalue weighted by molar-refractivity contribution is 8.14. The van der Waals surface area contributed by atoms with Crippen LogP contribution in [0.2, 0.25) is 0 Å². The zero-order chi connectivity index (χ0) is 21.5. The standard InChI is InChI=1S/C8H6Cl4S2.C6H4Cl2O4S2/c9-7(10)13-5-1-2-6(4-3-5)14-8(11)12;7-13(9,10)5-1-2-6(4-3-5)14(8,11)12/h1-4,7-8H;1-4H. The predicted molar refractivity (Wildman–Crippen MR) is 122 cm³/mol. The molecule has 0 saturated heterocycles. The van der Waals surface area contributed by atoms with Crippen molar-refractivity contribution in [3.8, 4) is 0 Å². The van der Waals surface area contributed by atoms with E-state index in [1.165, 1.54) is 23.5 Å². The molecule has 0 amide bonds. The Morgan fingerprint density at radius 1 is 0.571 bits per heavy atom. The minimum Gasteiger partial charge on any atom is -0.207 e. The van der Waals surface area contributed by atoms with Gasteiger partial charge in [0.2, 0.25) is 0 Å². The summed E-state index contributed by atoms with van der Waals surface area (Å²) >= 11 is 25.2. The number of rotatable bonds is 6. The molecule has 0 unspecified atom stereocenters. The van der Waals surface area contributed by atoms with Gasteiger partial charge >= 0.3 is 0 Å². The number of benzene rings is 2. The van der Waals surface area contributed by atoms with Crippen LogP contribution >= 0.6 is 91.3 Å². The van der Waals surface area contributed by atoms with E-state index in [0.717, 1.165) is 34.1 Å². The highest BCUT2D eigenvalue weighted by atomic mass is 35.7. The van der Waals surface area contributed by atoms with E-state index < -0.39 is 26.4 Å². The second kappa shape index (κ2) is 12.0. The van der Waals surface area contributed by atoms with Crippen LogP contribution in [0.1, 0.15) is 0 Å². The van der Waals surface area contributed by atoms with Crippen molar-refractivity contribution in [3.05, 3.63) is 48.5 Å². The Morgan fingerprint density at radius 2 is 0.821 bits per heavy atom. The van der Waals surface area contributed by atoms with E-state index in [1.54, 1.807) is 0 Å². The SMILES string of the molecule is ClC(Cl)Sc1ccc(SC(Cl)Cl)cc1.O=S(=O)(Cl)c1ccc(S(=O)(=O)Cl)cc1. The van der Waals surface area contributed by atoms with E-state index >= 15 is 0 Å². The van der Waals surface area contributed by atoms with Gasteiger partial charge in [-0.15, -0.1) is 0 Å². The summed E-state index contributed by atoms with van der Waals surface area (Å²) in [7, 11) is 2.37. The number of hydrogen-bond acceptors (Lipinski definition) is 6. The van der Waals surface area contributed by atoms with Crippen molar-refractivity contribution in [2.24, 2.45) is 0 Å². The molecule has 0 heterocycles. The first-order chi connectivity index (χ1) is 12.8. The van der Waals surface area contributed by atoms with Crippen molar-refractivity contribution in [1.82, 2.24) is 0 Å². The molecule has 0 atom stereocenters. The van der Waals surface area contributed by atoms with Crippen molar-refractivity contribution in [2.75, 3.05) is 0 Å². The van der Waals surface area contributed by atoms with Crippen molar-refractivity contribution < 1.29 is 16.8 Å². The summed E-state index contributed by atoms with van der Waals surface area (Å²) in [5, 5.41) is 0. The molecule has 0 radical (unpaired) electrons. The highest BCUT2D eigenvalue weighted by Gasteiger charge is 2.13. The largest absolute Gasteiger partial charge is 0.261 e. The van der Waals surface area contributed by atoms with Crippen LogP contribution in [0.5, 0.6) is 0 Å². The van der Waals surface area contributed by atoms with Crippen molar-refractivity contribution in [2.45, 2.75) is 27.9 Å². The topological polar surface area (TPSA) is 68.3 Å². The molecule has 0 spiro atoms. The van der Waals surface area contributed by atoms with E-state index in [0.29, 0.717) is 0 Å². The van der Waals surface area contributed by atoms with Gasteiger partial charge in [-0.05, 0) is 48.5 Å². The van der Waals surface area contributed by atoms with Gasteiger partial charge in [0.05, 0.1) is 9.79 Å². The van der Waals surface area contributed by atoms with Gasteiger partial charge in [0, 0.05) is 31.2 Å². The summed E-state index contributed by atoms with van der Waals surface area (Å²) < 4.78 is 42.2. The van der Waals surface area contributed by atoms with E-state index in [2.05, 4.69) is 0 Å². The molecule has 0 aliphatic carbocycles. The third-order valence-electron chi connectivity index (χ3n) is 2.66. The molecule has 0 aliphatic heterocycles. The Hall–Kier alpha value is 0.780. The third-order valence-corrected chi connectivity index (χ3v) is 7.91. The van der Waals surface area contributed by atoms with Gasteiger partial charge < -0.3 is 0 Å². The van der Waals surface area contributed by atoms with Gasteiger partial charge in [-0.2, -0.15) is 0 Å². The molecule has 0 saturated carbocycles. The lowest BCUT2D eigenvalue weighted by atomic mass is 10.4. The van der Waals surface area contributed by atoms with E-state index in [-0.39, 0.29) is 9.79 Å². The van der Waals surface area contributed by atoms with Crippen LogP contribution in [-0.4, -0.2) is 25.2 Å². The fraction of sp³-hybridized carbons (Fsp3) is 0.143. The molecule has 2 aromatic rings. The fourth-order valence-electron chi connectivity index (χ4n) is 1.57. The van der Waals surface area contributed by atoms with Crippen LogP contribution in [0.4, 0.5) is 0 Å². The van der Waals surface area contributed by atoms with E-state index in [1.807, 2.05) is 24.3 Å². The highest BCUT2D eigenvalue weighted by Crippen LogP contribution is 2.32. The number of alkyl halides is 4. The van der Waals surface area contributed by atoms with Crippen LogP contribution in [0, 0.1) is 0 Å². The molecule has 28 heavy (non-hydrogen) atoms. The fourth-order valence-corrected chi connectivity index (χ4v) is 5.34. The molecular formula is C14H10Cl6O4S4. The lowest BCUT2D eigenvalue weighted by Gasteiger charge is -2.04. The zero-order valence-corrected chi connectivity index (χ0v) is 21.1. The lowest BCUT2D eigenvalue weighted by molar-refractivity contribution is 0.606. The van der Waals surface area contributed by atoms with Crippen LogP contribution in [0.3, 0.4) is 0 Å². The molecule has 2 aromatic carbocycles. The quantitative estimate of drug-likeness (QED) is 0.209. The minimum absolute atomic E-state index is 0.178. The molecule has 156 valence electrons. The monoisotopic (exact) mass is 580 g/mol. The molecule has 0 bridgehead atoms. The van der Waals surface area contributed by atoms with E-state index in [4.69, 9.17) is 67.8 Å². The Kier molecular flexibility index (Phi) is 11.5. The molecule has 4 nitrogen and oxygen atoms in total. The Bertz CT molecular complexity index is 882. The molecule has 0 aliphatic rings. The second-order valence-electron chi connectivity index (χ2n) is 4.58. The number of thioether (sulfide) groups is 2. The molecule has 0 fully saturated rings. The van der Waals surface area contributed by atoms with Crippen LogP contribution < -0.4 is 0 Å².